The van der Waals surface area contributed by atoms with Crippen LogP contribution >= 0.6 is 11.8 Å². The summed E-state index contributed by atoms with van der Waals surface area (Å²) in [6.45, 7) is 3.92. The average molecular weight is 320 g/mol. The predicted molar refractivity (Wildman–Crippen MR) is 87.0 cm³/mol. The van der Waals surface area contributed by atoms with Crippen LogP contribution in [0.3, 0.4) is 0 Å². The van der Waals surface area contributed by atoms with Crippen LogP contribution in [0.2, 0.25) is 0 Å². The van der Waals surface area contributed by atoms with Crippen molar-refractivity contribution in [3.8, 4) is 0 Å². The highest BCUT2D eigenvalue weighted by Gasteiger charge is 2.11. The Balaban J connectivity index is 1.96. The van der Waals surface area contributed by atoms with Crippen LogP contribution in [-0.4, -0.2) is 14.0 Å². The predicted octanol–water partition coefficient (Wildman–Crippen LogP) is 3.32. The Morgan fingerprint density at radius 1 is 0.952 bits per heavy atom. The highest BCUT2D eigenvalue weighted by molar-refractivity contribution is 8.12. The summed E-state index contributed by atoms with van der Waals surface area (Å²) in [5.41, 5.74) is 3.65. The summed E-state index contributed by atoms with van der Waals surface area (Å²) in [7, 11) is -3.60. The molecule has 0 radical (unpaired) electrons. The second-order valence-electron chi connectivity index (χ2n) is 4.57. The number of hydrazone groups is 1. The molecule has 0 aliphatic heterocycles. The first-order valence-electron chi connectivity index (χ1n) is 6.31. The largest absolute Gasteiger partial charge is 0.276 e. The minimum atomic E-state index is -3.60. The Hall–Kier alpha value is -1.79. The minimum Gasteiger partial charge on any atom is -0.200 e. The van der Waals surface area contributed by atoms with Gasteiger partial charge in [-0.2, -0.15) is 18.4 Å². The molecule has 0 amide bonds. The highest BCUT2D eigenvalue weighted by atomic mass is 32.2. The number of hydrogen-bond donors (Lipinski definition) is 1. The van der Waals surface area contributed by atoms with Crippen molar-refractivity contribution in [3.63, 3.8) is 0 Å². The van der Waals surface area contributed by atoms with E-state index in [-0.39, 0.29) is 4.90 Å². The summed E-state index contributed by atoms with van der Waals surface area (Å²) in [5.74, 6) is 0. The Morgan fingerprint density at radius 3 is 2.05 bits per heavy atom. The molecule has 0 saturated carbocycles. The van der Waals surface area contributed by atoms with Gasteiger partial charge in [0, 0.05) is 4.90 Å². The second kappa shape index (κ2) is 6.78. The van der Waals surface area contributed by atoms with E-state index in [1.165, 1.54) is 22.9 Å². The van der Waals surface area contributed by atoms with E-state index in [0.717, 1.165) is 10.5 Å². The average Bonchev–Trinajstić information content (AvgIpc) is 2.46. The highest BCUT2D eigenvalue weighted by Crippen LogP contribution is 2.16. The van der Waals surface area contributed by atoms with Crippen molar-refractivity contribution in [2.45, 2.75) is 23.6 Å². The van der Waals surface area contributed by atoms with Gasteiger partial charge in [0.15, 0.2) is 0 Å². The first kappa shape index (κ1) is 15.6. The van der Waals surface area contributed by atoms with Crippen LogP contribution in [-0.2, 0) is 10.0 Å². The molecule has 4 nitrogen and oxygen atoms in total. The normalized spacial score (nSPS) is 11.7. The maximum absolute atomic E-state index is 12.0. The number of nitrogens with zero attached hydrogens (tertiary/aromatic N) is 1. The number of rotatable bonds is 5. The summed E-state index contributed by atoms with van der Waals surface area (Å²) in [5, 5.41) is 3.76. The van der Waals surface area contributed by atoms with E-state index in [1.54, 1.807) is 24.3 Å². The molecule has 0 aliphatic rings. The van der Waals surface area contributed by atoms with Gasteiger partial charge in [0.25, 0.3) is 10.0 Å². The fourth-order valence-electron chi connectivity index (χ4n) is 1.57. The molecular formula is C15H16N2O2S2. The Kier molecular flexibility index (Phi) is 5.03. The third kappa shape index (κ3) is 4.61. The zero-order chi connectivity index (χ0) is 15.3. The molecule has 110 valence electrons. The van der Waals surface area contributed by atoms with Gasteiger partial charge in [-0.05, 0) is 38.1 Å². The molecule has 0 fully saturated rings. The van der Waals surface area contributed by atoms with Gasteiger partial charge in [-0.3, -0.25) is 0 Å². The first-order valence-corrected chi connectivity index (χ1v) is 8.67. The van der Waals surface area contributed by atoms with Crippen LogP contribution in [0, 0.1) is 13.8 Å². The minimum absolute atomic E-state index is 0.200. The fourth-order valence-corrected chi connectivity index (χ4v) is 2.94. The van der Waals surface area contributed by atoms with Crippen LogP contribution in [0.15, 0.2) is 63.4 Å². The molecule has 2 aromatic rings. The lowest BCUT2D eigenvalue weighted by atomic mass is 10.2. The summed E-state index contributed by atoms with van der Waals surface area (Å²) in [6.07, 6.45) is 0. The van der Waals surface area contributed by atoms with Crippen molar-refractivity contribution < 1.29 is 8.42 Å². The van der Waals surface area contributed by atoms with E-state index in [0.29, 0.717) is 0 Å². The van der Waals surface area contributed by atoms with E-state index < -0.39 is 10.0 Å². The summed E-state index contributed by atoms with van der Waals surface area (Å²) in [6, 6.07) is 14.5. The Labute approximate surface area is 129 Å². The van der Waals surface area contributed by atoms with Crippen molar-refractivity contribution >= 4 is 27.3 Å². The molecule has 0 bridgehead atoms. The lowest BCUT2D eigenvalue weighted by Gasteiger charge is -2.03. The maximum Gasteiger partial charge on any atom is 0.276 e. The van der Waals surface area contributed by atoms with E-state index in [1.807, 2.05) is 38.1 Å². The van der Waals surface area contributed by atoms with Crippen LogP contribution in [0.4, 0.5) is 0 Å². The van der Waals surface area contributed by atoms with E-state index >= 15 is 0 Å². The molecule has 21 heavy (non-hydrogen) atoms. The molecule has 0 heterocycles. The monoisotopic (exact) mass is 320 g/mol. The molecule has 6 heteroatoms. The van der Waals surface area contributed by atoms with E-state index in [2.05, 4.69) is 9.93 Å². The lowest BCUT2D eigenvalue weighted by molar-refractivity contribution is 0.585. The maximum atomic E-state index is 12.0. The number of benzene rings is 2. The molecular weight excluding hydrogens is 304 g/mol. The van der Waals surface area contributed by atoms with Crippen molar-refractivity contribution in [2.75, 3.05) is 0 Å². The van der Waals surface area contributed by atoms with Crippen molar-refractivity contribution in [1.82, 2.24) is 4.83 Å². The van der Waals surface area contributed by atoms with Crippen molar-refractivity contribution in [3.05, 3.63) is 59.7 Å². The molecule has 0 spiro atoms. The van der Waals surface area contributed by atoms with Gasteiger partial charge in [0.05, 0.1) is 10.4 Å². The molecule has 2 aromatic carbocycles. The van der Waals surface area contributed by atoms with Gasteiger partial charge in [-0.1, -0.05) is 47.2 Å². The molecule has 2 rings (SSSR count). The van der Waals surface area contributed by atoms with Gasteiger partial charge in [0.2, 0.25) is 0 Å². The number of hydrogen-bond acceptors (Lipinski definition) is 4. The van der Waals surface area contributed by atoms with Gasteiger partial charge in [0.1, 0.15) is 0 Å². The number of sulfonamides is 1. The van der Waals surface area contributed by atoms with Crippen molar-refractivity contribution in [2.24, 2.45) is 5.10 Å². The fraction of sp³-hybridized carbons (Fsp3) is 0.133. The second-order valence-corrected chi connectivity index (χ2v) is 7.15. The lowest BCUT2D eigenvalue weighted by Crippen LogP contribution is -2.17. The number of thioether (sulfide) groups is 1. The molecule has 0 aromatic heterocycles. The summed E-state index contributed by atoms with van der Waals surface area (Å²) in [4.78, 5) is 3.40. The van der Waals surface area contributed by atoms with Gasteiger partial charge in [-0.15, -0.1) is 0 Å². The van der Waals surface area contributed by atoms with Crippen LogP contribution in [0.5, 0.6) is 0 Å². The molecule has 0 unspecified atom stereocenters. The Morgan fingerprint density at radius 2 is 1.48 bits per heavy atom. The molecule has 1 N–H and O–H groups in total. The van der Waals surface area contributed by atoms with Crippen LogP contribution < -0.4 is 4.83 Å². The number of aryl methyl sites for hydroxylation is 2. The third-order valence-corrected chi connectivity index (χ3v) is 4.76. The van der Waals surface area contributed by atoms with E-state index in [9.17, 15) is 8.42 Å². The standard InChI is InChI=1S/C15H16N2O2S2/c1-12-3-7-14(8-4-12)20-11-16-17-21(18,19)15-9-5-13(2)6-10-15/h3-11,17H,1-2H3/b16-11+. The summed E-state index contributed by atoms with van der Waals surface area (Å²) < 4.78 is 23.9. The SMILES string of the molecule is Cc1ccc(S/C=N/NS(=O)(=O)c2ccc(C)cc2)cc1. The molecule has 0 saturated heterocycles. The van der Waals surface area contributed by atoms with Gasteiger partial charge < -0.3 is 0 Å². The van der Waals surface area contributed by atoms with Crippen molar-refractivity contribution in [1.29, 1.82) is 0 Å². The first-order chi connectivity index (χ1) is 9.97. The summed E-state index contributed by atoms with van der Waals surface area (Å²) >= 11 is 1.35. The van der Waals surface area contributed by atoms with E-state index in [4.69, 9.17) is 0 Å². The zero-order valence-corrected chi connectivity index (χ0v) is 13.4. The van der Waals surface area contributed by atoms with Crippen LogP contribution in [0.25, 0.3) is 0 Å². The topological polar surface area (TPSA) is 58.5 Å². The van der Waals surface area contributed by atoms with Gasteiger partial charge >= 0.3 is 0 Å². The molecule has 0 atom stereocenters. The Bertz CT molecular complexity index is 721. The quantitative estimate of drug-likeness (QED) is 0.398. The zero-order valence-electron chi connectivity index (χ0n) is 11.8. The van der Waals surface area contributed by atoms with Gasteiger partial charge in [-0.25, -0.2) is 0 Å². The third-order valence-electron chi connectivity index (χ3n) is 2.77. The smallest absolute Gasteiger partial charge is 0.200 e. The van der Waals surface area contributed by atoms with Crippen LogP contribution in [0.1, 0.15) is 11.1 Å². The number of nitrogens with one attached hydrogen (secondary N) is 1. The molecule has 0 aliphatic carbocycles.